The Labute approximate surface area is 109 Å². The molecular formula is C13H15BrFNO. The van der Waals surface area contributed by atoms with E-state index in [4.69, 9.17) is 0 Å². The highest BCUT2D eigenvalue weighted by molar-refractivity contribution is 9.10. The first-order valence-corrected chi connectivity index (χ1v) is 6.53. The van der Waals surface area contributed by atoms with E-state index in [9.17, 15) is 9.18 Å². The van der Waals surface area contributed by atoms with Gasteiger partial charge in [-0.05, 0) is 50.1 Å². The van der Waals surface area contributed by atoms with Crippen molar-refractivity contribution in [3.63, 3.8) is 0 Å². The maximum Gasteiger partial charge on any atom is 0.156 e. The SMILES string of the molecule is CC1(C(=O)Cc2cc(F)ccc2Br)CCCN1. The van der Waals surface area contributed by atoms with E-state index >= 15 is 0 Å². The summed E-state index contributed by atoms with van der Waals surface area (Å²) in [5, 5.41) is 3.23. The number of ketones is 1. The summed E-state index contributed by atoms with van der Waals surface area (Å²) in [6, 6.07) is 4.44. The molecule has 2 nitrogen and oxygen atoms in total. The maximum absolute atomic E-state index is 13.1. The minimum absolute atomic E-state index is 0.126. The van der Waals surface area contributed by atoms with E-state index < -0.39 is 5.54 Å². The van der Waals surface area contributed by atoms with Gasteiger partial charge in [-0.3, -0.25) is 4.79 Å². The fourth-order valence-electron chi connectivity index (χ4n) is 2.18. The summed E-state index contributed by atoms with van der Waals surface area (Å²) in [4.78, 5) is 12.2. The lowest BCUT2D eigenvalue weighted by molar-refractivity contribution is -0.123. The first-order chi connectivity index (χ1) is 8.01. The van der Waals surface area contributed by atoms with Gasteiger partial charge in [0.25, 0.3) is 0 Å². The Balaban J connectivity index is 2.15. The van der Waals surface area contributed by atoms with E-state index in [1.54, 1.807) is 6.07 Å². The molecule has 0 saturated carbocycles. The van der Waals surface area contributed by atoms with Gasteiger partial charge in [-0.1, -0.05) is 15.9 Å². The number of Topliss-reactive ketones (excluding diaryl/α,β-unsaturated/α-hetero) is 1. The molecule has 1 aromatic carbocycles. The third-order valence-corrected chi connectivity index (χ3v) is 4.12. The molecule has 0 aromatic heterocycles. The Morgan fingerprint density at radius 3 is 3.00 bits per heavy atom. The molecule has 0 aliphatic carbocycles. The summed E-state index contributed by atoms with van der Waals surface area (Å²) in [7, 11) is 0. The number of halogens is 2. The predicted molar refractivity (Wildman–Crippen MR) is 68.5 cm³/mol. The first kappa shape index (κ1) is 12.7. The second kappa shape index (κ2) is 4.86. The van der Waals surface area contributed by atoms with E-state index in [0.717, 1.165) is 23.9 Å². The Kier molecular flexibility index (Phi) is 3.64. The molecule has 1 N–H and O–H groups in total. The quantitative estimate of drug-likeness (QED) is 0.930. The second-order valence-corrected chi connectivity index (χ2v) is 5.55. The highest BCUT2D eigenvalue weighted by atomic mass is 79.9. The highest BCUT2D eigenvalue weighted by Crippen LogP contribution is 2.24. The second-order valence-electron chi connectivity index (χ2n) is 4.70. The molecule has 0 bridgehead atoms. The molecule has 17 heavy (non-hydrogen) atoms. The molecule has 1 unspecified atom stereocenters. The average Bonchev–Trinajstić information content (AvgIpc) is 2.72. The van der Waals surface area contributed by atoms with Crippen LogP contribution in [0.1, 0.15) is 25.3 Å². The van der Waals surface area contributed by atoms with Crippen LogP contribution in [0.25, 0.3) is 0 Å². The molecule has 0 amide bonds. The van der Waals surface area contributed by atoms with E-state index in [-0.39, 0.29) is 18.0 Å². The number of carbonyl (C=O) groups is 1. The summed E-state index contributed by atoms with van der Waals surface area (Å²) in [6.07, 6.45) is 2.15. The zero-order valence-electron chi connectivity index (χ0n) is 9.72. The summed E-state index contributed by atoms with van der Waals surface area (Å²) >= 11 is 3.35. The standard InChI is InChI=1S/C13H15BrFNO/c1-13(5-2-6-16-13)12(17)8-9-7-10(15)3-4-11(9)14/h3-4,7,16H,2,5-6,8H2,1H3. The Morgan fingerprint density at radius 2 is 2.35 bits per heavy atom. The van der Waals surface area contributed by atoms with Crippen LogP contribution < -0.4 is 5.32 Å². The smallest absolute Gasteiger partial charge is 0.156 e. The molecule has 0 spiro atoms. The van der Waals surface area contributed by atoms with Gasteiger partial charge in [-0.25, -0.2) is 4.39 Å². The Morgan fingerprint density at radius 1 is 1.59 bits per heavy atom. The van der Waals surface area contributed by atoms with Gasteiger partial charge < -0.3 is 5.32 Å². The van der Waals surface area contributed by atoms with Crippen molar-refractivity contribution >= 4 is 21.7 Å². The number of carbonyl (C=O) groups excluding carboxylic acids is 1. The number of rotatable bonds is 3. The van der Waals surface area contributed by atoms with Crippen molar-refractivity contribution in [2.24, 2.45) is 0 Å². The van der Waals surface area contributed by atoms with Crippen molar-refractivity contribution in [2.75, 3.05) is 6.54 Å². The predicted octanol–water partition coefficient (Wildman–Crippen LogP) is 2.84. The van der Waals surface area contributed by atoms with Crippen molar-refractivity contribution in [2.45, 2.75) is 31.7 Å². The number of hydrogen-bond donors (Lipinski definition) is 1. The van der Waals surface area contributed by atoms with Gasteiger partial charge in [-0.2, -0.15) is 0 Å². The molecule has 1 atom stereocenters. The van der Waals surface area contributed by atoms with Gasteiger partial charge in [-0.15, -0.1) is 0 Å². The summed E-state index contributed by atoms with van der Waals surface area (Å²) in [5.74, 6) is -0.179. The minimum atomic E-state index is -0.439. The fourth-order valence-corrected chi connectivity index (χ4v) is 2.57. The van der Waals surface area contributed by atoms with Crippen LogP contribution in [-0.4, -0.2) is 17.9 Å². The molecule has 1 saturated heterocycles. The molecule has 0 radical (unpaired) electrons. The average molecular weight is 300 g/mol. The Bertz CT molecular complexity index is 441. The Hall–Kier alpha value is -0.740. The van der Waals surface area contributed by atoms with Crippen molar-refractivity contribution in [3.8, 4) is 0 Å². The fraction of sp³-hybridized carbons (Fsp3) is 0.462. The van der Waals surface area contributed by atoms with Crippen molar-refractivity contribution < 1.29 is 9.18 Å². The molecule has 1 fully saturated rings. The van der Waals surface area contributed by atoms with Gasteiger partial charge in [0, 0.05) is 10.9 Å². The highest BCUT2D eigenvalue weighted by Gasteiger charge is 2.35. The lowest BCUT2D eigenvalue weighted by Crippen LogP contribution is -2.45. The molecular weight excluding hydrogens is 285 g/mol. The lowest BCUT2D eigenvalue weighted by Gasteiger charge is -2.22. The number of hydrogen-bond acceptors (Lipinski definition) is 2. The third-order valence-electron chi connectivity index (χ3n) is 3.34. The number of benzene rings is 1. The van der Waals surface area contributed by atoms with Crippen LogP contribution in [-0.2, 0) is 11.2 Å². The van der Waals surface area contributed by atoms with Crippen LogP contribution in [0.4, 0.5) is 4.39 Å². The summed E-state index contributed by atoms with van der Waals surface area (Å²) in [5.41, 5.74) is 0.274. The van der Waals surface area contributed by atoms with Gasteiger partial charge in [0.15, 0.2) is 5.78 Å². The first-order valence-electron chi connectivity index (χ1n) is 5.73. The van der Waals surface area contributed by atoms with Gasteiger partial charge >= 0.3 is 0 Å². The summed E-state index contributed by atoms with van der Waals surface area (Å²) in [6.45, 7) is 2.81. The van der Waals surface area contributed by atoms with Crippen LogP contribution in [0, 0.1) is 5.82 Å². The van der Waals surface area contributed by atoms with Crippen LogP contribution >= 0.6 is 15.9 Å². The van der Waals surface area contributed by atoms with Crippen molar-refractivity contribution in [3.05, 3.63) is 34.1 Å². The van der Waals surface area contributed by atoms with Gasteiger partial charge in [0.05, 0.1) is 5.54 Å². The zero-order chi connectivity index (χ0) is 12.5. The minimum Gasteiger partial charge on any atom is -0.305 e. The van der Waals surface area contributed by atoms with Crippen molar-refractivity contribution in [1.29, 1.82) is 0 Å². The largest absolute Gasteiger partial charge is 0.305 e. The van der Waals surface area contributed by atoms with E-state index in [1.807, 2.05) is 6.92 Å². The molecule has 4 heteroatoms. The molecule has 1 aliphatic heterocycles. The molecule has 1 aromatic rings. The maximum atomic E-state index is 13.1. The van der Waals surface area contributed by atoms with Crippen molar-refractivity contribution in [1.82, 2.24) is 5.32 Å². The summed E-state index contributed by atoms with van der Waals surface area (Å²) < 4.78 is 13.9. The van der Waals surface area contributed by atoms with Gasteiger partial charge in [0.2, 0.25) is 0 Å². The third kappa shape index (κ3) is 2.75. The number of nitrogens with one attached hydrogen (secondary N) is 1. The molecule has 1 heterocycles. The van der Waals surface area contributed by atoms with E-state index in [2.05, 4.69) is 21.2 Å². The normalized spacial score (nSPS) is 23.9. The van der Waals surface area contributed by atoms with Crippen LogP contribution in [0.3, 0.4) is 0 Å². The lowest BCUT2D eigenvalue weighted by atomic mass is 9.90. The molecule has 1 aliphatic rings. The van der Waals surface area contributed by atoms with Gasteiger partial charge in [0.1, 0.15) is 5.82 Å². The van der Waals surface area contributed by atoms with Crippen LogP contribution in [0.2, 0.25) is 0 Å². The molecule has 2 rings (SSSR count). The topological polar surface area (TPSA) is 29.1 Å². The van der Waals surface area contributed by atoms with E-state index in [1.165, 1.54) is 12.1 Å². The van der Waals surface area contributed by atoms with Crippen LogP contribution in [0.5, 0.6) is 0 Å². The monoisotopic (exact) mass is 299 g/mol. The van der Waals surface area contributed by atoms with E-state index in [0.29, 0.717) is 5.56 Å². The zero-order valence-corrected chi connectivity index (χ0v) is 11.3. The molecule has 92 valence electrons. The van der Waals surface area contributed by atoms with Crippen LogP contribution in [0.15, 0.2) is 22.7 Å².